The number of nitrogens with one attached hydrogen (secondary N) is 2. The number of likely N-dealkylation sites (tertiary alicyclic amines) is 1. The van der Waals surface area contributed by atoms with Crippen LogP contribution < -0.4 is 10.6 Å². The van der Waals surface area contributed by atoms with Crippen molar-refractivity contribution in [3.8, 4) is 0 Å². The van der Waals surface area contributed by atoms with Gasteiger partial charge in [-0.15, -0.1) is 11.8 Å². The van der Waals surface area contributed by atoms with E-state index in [0.717, 1.165) is 25.7 Å². The fraction of sp³-hybridized carbons (Fsp3) is 0.870. The molecule has 3 saturated heterocycles. The second-order valence-electron chi connectivity index (χ2n) is 10.5. The summed E-state index contributed by atoms with van der Waals surface area (Å²) >= 11 is 1.67. The molecule has 0 saturated carbocycles. The molecule has 0 aromatic rings. The summed E-state index contributed by atoms with van der Waals surface area (Å²) in [6, 6.07) is -1.11. The fourth-order valence-corrected chi connectivity index (χ4v) is 7.87. The molecule has 0 radical (unpaired) electrons. The molecule has 3 amide bonds. The van der Waals surface area contributed by atoms with Crippen molar-refractivity contribution in [1.29, 1.82) is 0 Å². The highest BCUT2D eigenvalue weighted by Gasteiger charge is 2.74. The van der Waals surface area contributed by atoms with Crippen LogP contribution in [0.1, 0.15) is 67.2 Å². The minimum absolute atomic E-state index is 0.0451. The molecule has 8 heteroatoms. The lowest BCUT2D eigenvalue weighted by Gasteiger charge is -2.40. The summed E-state index contributed by atoms with van der Waals surface area (Å²) in [6.45, 7) is 12.2. The van der Waals surface area contributed by atoms with Crippen LogP contribution in [-0.4, -0.2) is 68.5 Å². The Morgan fingerprint density at radius 3 is 2.52 bits per heavy atom. The summed E-state index contributed by atoms with van der Waals surface area (Å²) in [7, 11) is 0. The average Bonchev–Trinajstić information content (AvgIpc) is 3.33. The lowest BCUT2D eigenvalue weighted by Crippen LogP contribution is -2.60. The summed E-state index contributed by atoms with van der Waals surface area (Å²) in [6.07, 6.45) is 3.20. The van der Waals surface area contributed by atoms with Crippen LogP contribution >= 0.6 is 11.8 Å². The SMILES string of the molecule is CCCNC(=O)[C@@H]1[C@H]2C(=O)N([C@@H](CO)[C@@H](C)CC)C(C(=O)NC(C)(C)C)C23CC[C@H]1S3. The molecular formula is C23H39N3O4S. The highest BCUT2D eigenvalue weighted by atomic mass is 32.2. The third kappa shape index (κ3) is 4.10. The molecule has 31 heavy (non-hydrogen) atoms. The van der Waals surface area contributed by atoms with E-state index in [4.69, 9.17) is 0 Å². The van der Waals surface area contributed by atoms with Crippen LogP contribution in [0.4, 0.5) is 0 Å². The van der Waals surface area contributed by atoms with Gasteiger partial charge in [-0.25, -0.2) is 0 Å². The first-order chi connectivity index (χ1) is 14.5. The first-order valence-electron chi connectivity index (χ1n) is 11.7. The molecule has 0 aromatic carbocycles. The standard InChI is InChI=1S/C23H39N3O4S/c1-7-11-24-19(28)16-15-9-10-23(31-15)17(16)21(30)26(14(12-27)13(3)8-2)18(23)20(29)25-22(4,5)6/h13-18,27H,7-12H2,1-6H3,(H,24,28)(H,25,29)/t13-,14-,15+,16-,17-,18?,23?/m0/s1. The lowest BCUT2D eigenvalue weighted by atomic mass is 9.70. The van der Waals surface area contributed by atoms with E-state index in [-0.39, 0.29) is 35.5 Å². The van der Waals surface area contributed by atoms with Gasteiger partial charge in [0.15, 0.2) is 0 Å². The van der Waals surface area contributed by atoms with Gasteiger partial charge in [0.05, 0.1) is 29.2 Å². The number of hydrogen-bond acceptors (Lipinski definition) is 5. The van der Waals surface area contributed by atoms with E-state index in [1.165, 1.54) is 0 Å². The second kappa shape index (κ2) is 8.93. The number of hydrogen-bond donors (Lipinski definition) is 3. The molecule has 3 aliphatic heterocycles. The Kier molecular flexibility index (Phi) is 7.02. The highest BCUT2D eigenvalue weighted by molar-refractivity contribution is 8.02. The average molecular weight is 454 g/mol. The van der Waals surface area contributed by atoms with Crippen molar-refractivity contribution < 1.29 is 19.5 Å². The maximum Gasteiger partial charge on any atom is 0.244 e. The Labute approximate surface area is 190 Å². The van der Waals surface area contributed by atoms with Crippen LogP contribution in [0.15, 0.2) is 0 Å². The molecule has 176 valence electrons. The van der Waals surface area contributed by atoms with Gasteiger partial charge in [-0.1, -0.05) is 27.2 Å². The predicted octanol–water partition coefficient (Wildman–Crippen LogP) is 1.93. The topological polar surface area (TPSA) is 98.7 Å². The Morgan fingerprint density at radius 1 is 1.29 bits per heavy atom. The van der Waals surface area contributed by atoms with Crippen molar-refractivity contribution in [1.82, 2.24) is 15.5 Å². The van der Waals surface area contributed by atoms with Gasteiger partial charge in [0.25, 0.3) is 0 Å². The Bertz CT molecular complexity index is 724. The van der Waals surface area contributed by atoms with Gasteiger partial charge < -0.3 is 20.6 Å². The number of aliphatic hydroxyl groups excluding tert-OH is 1. The van der Waals surface area contributed by atoms with Crippen molar-refractivity contribution in [2.24, 2.45) is 17.8 Å². The van der Waals surface area contributed by atoms with Crippen molar-refractivity contribution in [3.63, 3.8) is 0 Å². The number of rotatable bonds is 8. The number of aliphatic hydroxyl groups is 1. The lowest BCUT2D eigenvalue weighted by molar-refractivity contribution is -0.144. The first kappa shape index (κ1) is 24.4. The third-order valence-corrected chi connectivity index (χ3v) is 9.13. The molecule has 7 nitrogen and oxygen atoms in total. The van der Waals surface area contributed by atoms with E-state index in [1.807, 2.05) is 41.5 Å². The van der Waals surface area contributed by atoms with Crippen LogP contribution in [0, 0.1) is 17.8 Å². The van der Waals surface area contributed by atoms with Crippen LogP contribution in [0.5, 0.6) is 0 Å². The number of carbonyl (C=O) groups is 3. The number of carbonyl (C=O) groups excluding carboxylic acids is 3. The van der Waals surface area contributed by atoms with Crippen LogP contribution in [-0.2, 0) is 14.4 Å². The summed E-state index contributed by atoms with van der Waals surface area (Å²) in [4.78, 5) is 42.3. The number of nitrogens with zero attached hydrogens (tertiary/aromatic N) is 1. The molecule has 0 aliphatic carbocycles. The quantitative estimate of drug-likeness (QED) is 0.522. The monoisotopic (exact) mass is 453 g/mol. The zero-order valence-corrected chi connectivity index (χ0v) is 20.6. The van der Waals surface area contributed by atoms with Gasteiger partial charge in [-0.3, -0.25) is 14.4 Å². The van der Waals surface area contributed by atoms with Crippen molar-refractivity contribution >= 4 is 29.5 Å². The van der Waals surface area contributed by atoms with E-state index in [0.29, 0.717) is 6.54 Å². The van der Waals surface area contributed by atoms with E-state index in [1.54, 1.807) is 16.7 Å². The molecule has 1 spiro atoms. The molecular weight excluding hydrogens is 414 g/mol. The largest absolute Gasteiger partial charge is 0.394 e. The molecule has 3 fully saturated rings. The van der Waals surface area contributed by atoms with Gasteiger partial charge in [-0.05, 0) is 46.0 Å². The smallest absolute Gasteiger partial charge is 0.244 e. The molecule has 3 aliphatic rings. The number of amides is 3. The number of thioether (sulfide) groups is 1. The second-order valence-corrected chi connectivity index (χ2v) is 12.1. The molecule has 2 unspecified atom stereocenters. The van der Waals surface area contributed by atoms with Gasteiger partial charge in [0.1, 0.15) is 6.04 Å². The van der Waals surface area contributed by atoms with E-state index >= 15 is 0 Å². The molecule has 3 rings (SSSR count). The molecule has 3 heterocycles. The first-order valence-corrected chi connectivity index (χ1v) is 12.6. The maximum atomic E-state index is 13.9. The zero-order valence-electron chi connectivity index (χ0n) is 19.7. The summed E-state index contributed by atoms with van der Waals surface area (Å²) in [5.74, 6) is -1.26. The minimum Gasteiger partial charge on any atom is -0.394 e. The van der Waals surface area contributed by atoms with Crippen LogP contribution in [0.25, 0.3) is 0 Å². The van der Waals surface area contributed by atoms with Gasteiger partial charge in [0, 0.05) is 17.3 Å². The third-order valence-electron chi connectivity index (χ3n) is 7.18. The normalized spacial score (nSPS) is 33.9. The van der Waals surface area contributed by atoms with Gasteiger partial charge >= 0.3 is 0 Å². The van der Waals surface area contributed by atoms with Crippen LogP contribution in [0.3, 0.4) is 0 Å². The summed E-state index contributed by atoms with van der Waals surface area (Å²) in [5, 5.41) is 16.4. The Balaban J connectivity index is 2.05. The highest BCUT2D eigenvalue weighted by Crippen LogP contribution is 2.66. The molecule has 0 aromatic heterocycles. The molecule has 3 N–H and O–H groups in total. The summed E-state index contributed by atoms with van der Waals surface area (Å²) in [5.41, 5.74) is -0.440. The van der Waals surface area contributed by atoms with E-state index in [9.17, 15) is 19.5 Å². The minimum atomic E-state index is -0.672. The number of fused-ring (bicyclic) bond motifs is 1. The van der Waals surface area contributed by atoms with Gasteiger partial charge in [0.2, 0.25) is 17.7 Å². The van der Waals surface area contributed by atoms with Crippen molar-refractivity contribution in [2.75, 3.05) is 13.2 Å². The Hall–Kier alpha value is -1.28. The van der Waals surface area contributed by atoms with Crippen LogP contribution in [0.2, 0.25) is 0 Å². The fourth-order valence-electron chi connectivity index (χ4n) is 5.67. The van der Waals surface area contributed by atoms with Crippen molar-refractivity contribution in [2.45, 2.75) is 94.8 Å². The predicted molar refractivity (Wildman–Crippen MR) is 122 cm³/mol. The molecule has 2 bridgehead atoms. The van der Waals surface area contributed by atoms with Crippen molar-refractivity contribution in [3.05, 3.63) is 0 Å². The van der Waals surface area contributed by atoms with Gasteiger partial charge in [-0.2, -0.15) is 0 Å². The zero-order chi connectivity index (χ0) is 23.1. The Morgan fingerprint density at radius 2 is 1.97 bits per heavy atom. The van der Waals surface area contributed by atoms with E-state index in [2.05, 4.69) is 10.6 Å². The maximum absolute atomic E-state index is 13.9. The van der Waals surface area contributed by atoms with E-state index < -0.39 is 34.2 Å². The molecule has 7 atom stereocenters. The summed E-state index contributed by atoms with van der Waals surface area (Å²) < 4.78 is -0.605.